The summed E-state index contributed by atoms with van der Waals surface area (Å²) in [4.78, 5) is 11.3. The fraction of sp³-hybridized carbons (Fsp3) is 0.278. The standard InChI is InChI=1S/C18H20O3/c1-3-12(2)14-10-15(9-13-7-5-4-6-8-13)17(19)16(11-14)18(20)21/h4-8,10-12,19H,3,9H2,1-2H3,(H,20,21). The number of carboxylic acid groups (broad SMARTS) is 1. The molecule has 0 saturated carbocycles. The Morgan fingerprint density at radius 1 is 1.19 bits per heavy atom. The van der Waals surface area contributed by atoms with Gasteiger partial charge >= 0.3 is 5.97 Å². The van der Waals surface area contributed by atoms with Crippen LogP contribution in [0.5, 0.6) is 5.75 Å². The van der Waals surface area contributed by atoms with Gasteiger partial charge in [-0.3, -0.25) is 0 Å². The van der Waals surface area contributed by atoms with E-state index < -0.39 is 5.97 Å². The second kappa shape index (κ2) is 6.44. The van der Waals surface area contributed by atoms with Crippen molar-refractivity contribution >= 4 is 5.97 Å². The van der Waals surface area contributed by atoms with E-state index in [-0.39, 0.29) is 17.2 Å². The molecule has 21 heavy (non-hydrogen) atoms. The van der Waals surface area contributed by atoms with E-state index in [0.717, 1.165) is 17.5 Å². The van der Waals surface area contributed by atoms with Crippen molar-refractivity contribution in [2.75, 3.05) is 0 Å². The van der Waals surface area contributed by atoms with Crippen molar-refractivity contribution in [2.45, 2.75) is 32.6 Å². The SMILES string of the molecule is CCC(C)c1cc(Cc2ccccc2)c(O)c(C(=O)O)c1. The van der Waals surface area contributed by atoms with Crippen LogP contribution in [0.25, 0.3) is 0 Å². The summed E-state index contributed by atoms with van der Waals surface area (Å²) in [6.45, 7) is 4.12. The molecule has 0 bridgehead atoms. The molecule has 1 atom stereocenters. The van der Waals surface area contributed by atoms with Crippen LogP contribution in [0.3, 0.4) is 0 Å². The minimum atomic E-state index is -1.09. The quantitative estimate of drug-likeness (QED) is 0.865. The van der Waals surface area contributed by atoms with E-state index in [1.165, 1.54) is 0 Å². The molecule has 2 N–H and O–H groups in total. The van der Waals surface area contributed by atoms with Crippen LogP contribution in [0.15, 0.2) is 42.5 Å². The van der Waals surface area contributed by atoms with Gasteiger partial charge in [-0.2, -0.15) is 0 Å². The molecule has 0 heterocycles. The molecular weight excluding hydrogens is 264 g/mol. The third-order valence-electron chi connectivity index (χ3n) is 3.86. The van der Waals surface area contributed by atoms with Crippen molar-refractivity contribution in [1.29, 1.82) is 0 Å². The molecule has 0 spiro atoms. The summed E-state index contributed by atoms with van der Waals surface area (Å²) in [7, 11) is 0. The van der Waals surface area contributed by atoms with Crippen molar-refractivity contribution in [1.82, 2.24) is 0 Å². The summed E-state index contributed by atoms with van der Waals surface area (Å²) in [6.07, 6.45) is 1.45. The fourth-order valence-corrected chi connectivity index (χ4v) is 2.35. The van der Waals surface area contributed by atoms with Crippen LogP contribution in [0, 0.1) is 0 Å². The maximum Gasteiger partial charge on any atom is 0.339 e. The van der Waals surface area contributed by atoms with Crippen LogP contribution in [-0.4, -0.2) is 16.2 Å². The first-order chi connectivity index (χ1) is 10.0. The minimum absolute atomic E-state index is 0.0151. The molecule has 2 aromatic rings. The molecule has 0 aliphatic carbocycles. The predicted octanol–water partition coefficient (Wildman–Crippen LogP) is 4.19. The molecule has 0 radical (unpaired) electrons. The second-order valence-electron chi connectivity index (χ2n) is 5.35. The summed E-state index contributed by atoms with van der Waals surface area (Å²) in [6, 6.07) is 13.2. The first-order valence-electron chi connectivity index (χ1n) is 7.16. The molecule has 0 aliphatic heterocycles. The molecule has 1 unspecified atom stereocenters. The van der Waals surface area contributed by atoms with Gasteiger partial charge in [-0.15, -0.1) is 0 Å². The normalized spacial score (nSPS) is 12.1. The van der Waals surface area contributed by atoms with Gasteiger partial charge < -0.3 is 10.2 Å². The van der Waals surface area contributed by atoms with Crippen molar-refractivity contribution in [2.24, 2.45) is 0 Å². The first-order valence-corrected chi connectivity index (χ1v) is 7.16. The minimum Gasteiger partial charge on any atom is -0.507 e. The van der Waals surface area contributed by atoms with Gasteiger partial charge in [0.05, 0.1) is 0 Å². The molecule has 3 heteroatoms. The molecule has 0 aromatic heterocycles. The molecule has 0 amide bonds. The number of aromatic carboxylic acids is 1. The second-order valence-corrected chi connectivity index (χ2v) is 5.35. The third-order valence-corrected chi connectivity index (χ3v) is 3.86. The Kier molecular flexibility index (Phi) is 4.63. The highest BCUT2D eigenvalue weighted by atomic mass is 16.4. The lowest BCUT2D eigenvalue weighted by molar-refractivity contribution is 0.0693. The lowest BCUT2D eigenvalue weighted by Crippen LogP contribution is -2.04. The lowest BCUT2D eigenvalue weighted by Gasteiger charge is -2.15. The van der Waals surface area contributed by atoms with Gasteiger partial charge in [-0.05, 0) is 35.1 Å². The van der Waals surface area contributed by atoms with E-state index in [1.807, 2.05) is 36.4 Å². The number of rotatable bonds is 5. The Balaban J connectivity index is 2.48. The van der Waals surface area contributed by atoms with E-state index in [1.54, 1.807) is 6.07 Å². The summed E-state index contributed by atoms with van der Waals surface area (Å²) in [5.41, 5.74) is 2.65. The summed E-state index contributed by atoms with van der Waals surface area (Å²) >= 11 is 0. The van der Waals surface area contributed by atoms with Gasteiger partial charge in [0.15, 0.2) is 0 Å². The third kappa shape index (κ3) is 3.43. The summed E-state index contributed by atoms with van der Waals surface area (Å²) in [5, 5.41) is 19.5. The number of aromatic hydroxyl groups is 1. The molecule has 0 aliphatic rings. The number of hydrogen-bond acceptors (Lipinski definition) is 2. The monoisotopic (exact) mass is 284 g/mol. The maximum atomic E-state index is 11.3. The van der Waals surface area contributed by atoms with E-state index in [9.17, 15) is 15.0 Å². The zero-order chi connectivity index (χ0) is 15.4. The van der Waals surface area contributed by atoms with Crippen molar-refractivity contribution in [3.05, 3.63) is 64.7 Å². The average molecular weight is 284 g/mol. The molecular formula is C18H20O3. The first kappa shape index (κ1) is 15.1. The Bertz CT molecular complexity index is 632. The number of phenols is 1. The maximum absolute atomic E-state index is 11.3. The van der Waals surface area contributed by atoms with E-state index in [2.05, 4.69) is 13.8 Å². The van der Waals surface area contributed by atoms with Gasteiger partial charge in [0, 0.05) is 6.42 Å². The van der Waals surface area contributed by atoms with Crippen LogP contribution < -0.4 is 0 Å². The predicted molar refractivity (Wildman–Crippen MR) is 83.0 cm³/mol. The number of carboxylic acids is 1. The van der Waals surface area contributed by atoms with Gasteiger partial charge in [-0.25, -0.2) is 4.79 Å². The van der Waals surface area contributed by atoms with Crippen LogP contribution >= 0.6 is 0 Å². The van der Waals surface area contributed by atoms with Crippen LogP contribution in [0.4, 0.5) is 0 Å². The molecule has 2 aromatic carbocycles. The zero-order valence-corrected chi connectivity index (χ0v) is 12.3. The van der Waals surface area contributed by atoms with Crippen molar-refractivity contribution in [3.63, 3.8) is 0 Å². The molecule has 110 valence electrons. The molecule has 0 fully saturated rings. The van der Waals surface area contributed by atoms with Gasteiger partial charge in [-0.1, -0.05) is 50.2 Å². The number of carbonyl (C=O) groups is 1. The zero-order valence-electron chi connectivity index (χ0n) is 12.3. The Morgan fingerprint density at radius 2 is 1.86 bits per heavy atom. The highest BCUT2D eigenvalue weighted by Gasteiger charge is 2.17. The summed E-state index contributed by atoms with van der Waals surface area (Å²) in [5.74, 6) is -0.955. The number of benzene rings is 2. The van der Waals surface area contributed by atoms with Crippen LogP contribution in [0.2, 0.25) is 0 Å². The molecule has 2 rings (SSSR count). The van der Waals surface area contributed by atoms with Gasteiger partial charge in [0.25, 0.3) is 0 Å². The average Bonchev–Trinajstić information content (AvgIpc) is 2.49. The van der Waals surface area contributed by atoms with E-state index in [4.69, 9.17) is 0 Å². The van der Waals surface area contributed by atoms with Gasteiger partial charge in [0.2, 0.25) is 0 Å². The Labute approximate surface area is 124 Å². The Morgan fingerprint density at radius 3 is 2.43 bits per heavy atom. The topological polar surface area (TPSA) is 57.5 Å². The lowest BCUT2D eigenvalue weighted by atomic mass is 9.91. The van der Waals surface area contributed by atoms with Crippen molar-refractivity contribution < 1.29 is 15.0 Å². The van der Waals surface area contributed by atoms with Gasteiger partial charge in [0.1, 0.15) is 11.3 Å². The van der Waals surface area contributed by atoms with Crippen LogP contribution in [-0.2, 0) is 6.42 Å². The Hall–Kier alpha value is -2.29. The van der Waals surface area contributed by atoms with E-state index >= 15 is 0 Å². The van der Waals surface area contributed by atoms with E-state index in [0.29, 0.717) is 12.0 Å². The highest BCUT2D eigenvalue weighted by molar-refractivity contribution is 5.91. The van der Waals surface area contributed by atoms with Crippen LogP contribution in [0.1, 0.15) is 53.2 Å². The highest BCUT2D eigenvalue weighted by Crippen LogP contribution is 2.31. The number of hydrogen-bond donors (Lipinski definition) is 2. The summed E-state index contributed by atoms with van der Waals surface area (Å²) < 4.78 is 0. The molecule has 3 nitrogen and oxygen atoms in total. The fourth-order valence-electron chi connectivity index (χ4n) is 2.35. The van der Waals surface area contributed by atoms with Crippen molar-refractivity contribution in [3.8, 4) is 5.75 Å². The molecule has 0 saturated heterocycles. The smallest absolute Gasteiger partial charge is 0.339 e. The largest absolute Gasteiger partial charge is 0.507 e.